The lowest BCUT2D eigenvalue weighted by molar-refractivity contribution is 1.26. The van der Waals surface area contributed by atoms with Crippen molar-refractivity contribution in [3.63, 3.8) is 0 Å². The van der Waals surface area contributed by atoms with E-state index in [2.05, 4.69) is 59.6 Å². The van der Waals surface area contributed by atoms with Gasteiger partial charge in [0.2, 0.25) is 0 Å². The molecular weight excluding hydrogens is 232 g/mol. The van der Waals surface area contributed by atoms with E-state index in [1.165, 1.54) is 32.8 Å². The zero-order chi connectivity index (χ0) is 13.0. The third-order valence-corrected chi connectivity index (χ3v) is 3.92. The molecule has 0 spiro atoms. The van der Waals surface area contributed by atoms with Crippen molar-refractivity contribution in [1.29, 1.82) is 0 Å². The van der Waals surface area contributed by atoms with E-state index in [4.69, 9.17) is 0 Å². The summed E-state index contributed by atoms with van der Waals surface area (Å²) in [6, 6.07) is 12.9. The zero-order valence-corrected chi connectivity index (χ0v) is 11.0. The smallest absolute Gasteiger partial charge is 0.145 e. The maximum atomic E-state index is 4.55. The van der Waals surface area contributed by atoms with Crippen LogP contribution in [0.15, 0.2) is 48.8 Å². The standard InChI is InChI=1S/C17H14N2/c1-11-6-4-8-14-15(11)13-7-3-5-12(2)16(13)17-18-9-10-19(14)17/h3-10H,1-2H3. The lowest BCUT2D eigenvalue weighted by Crippen LogP contribution is -1.93. The van der Waals surface area contributed by atoms with Gasteiger partial charge < -0.3 is 0 Å². The molecule has 2 heteroatoms. The van der Waals surface area contributed by atoms with E-state index < -0.39 is 0 Å². The van der Waals surface area contributed by atoms with Crippen LogP contribution in [0.4, 0.5) is 0 Å². The van der Waals surface area contributed by atoms with Crippen molar-refractivity contribution < 1.29 is 0 Å². The predicted octanol–water partition coefficient (Wildman–Crippen LogP) is 4.26. The molecule has 0 aliphatic heterocycles. The Bertz CT molecular complexity index is 932. The molecule has 0 atom stereocenters. The highest BCUT2D eigenvalue weighted by molar-refractivity contribution is 6.13. The monoisotopic (exact) mass is 246 g/mol. The molecule has 0 saturated heterocycles. The third-order valence-electron chi connectivity index (χ3n) is 3.92. The quantitative estimate of drug-likeness (QED) is 0.424. The number of hydrogen-bond donors (Lipinski definition) is 0. The largest absolute Gasteiger partial charge is 0.299 e. The Labute approximate surface area is 111 Å². The number of aryl methyl sites for hydroxylation is 2. The van der Waals surface area contributed by atoms with Gasteiger partial charge in [-0.2, -0.15) is 0 Å². The van der Waals surface area contributed by atoms with Crippen LogP contribution in [0.2, 0.25) is 0 Å². The number of fused-ring (bicyclic) bond motifs is 6. The van der Waals surface area contributed by atoms with E-state index in [0.29, 0.717) is 0 Å². The van der Waals surface area contributed by atoms with Gasteiger partial charge in [-0.25, -0.2) is 4.98 Å². The van der Waals surface area contributed by atoms with Crippen LogP contribution in [0.25, 0.3) is 27.3 Å². The fourth-order valence-corrected chi connectivity index (χ4v) is 3.06. The van der Waals surface area contributed by atoms with Gasteiger partial charge in [0, 0.05) is 23.2 Å². The average Bonchev–Trinajstić information content (AvgIpc) is 2.88. The summed E-state index contributed by atoms with van der Waals surface area (Å²) in [5.74, 6) is 0. The van der Waals surface area contributed by atoms with Gasteiger partial charge in [-0.1, -0.05) is 30.3 Å². The molecule has 0 N–H and O–H groups in total. The molecule has 92 valence electrons. The second-order valence-corrected chi connectivity index (χ2v) is 5.09. The van der Waals surface area contributed by atoms with Crippen molar-refractivity contribution in [1.82, 2.24) is 9.38 Å². The van der Waals surface area contributed by atoms with Crippen molar-refractivity contribution in [2.75, 3.05) is 0 Å². The van der Waals surface area contributed by atoms with Crippen LogP contribution >= 0.6 is 0 Å². The molecule has 4 rings (SSSR count). The van der Waals surface area contributed by atoms with Crippen molar-refractivity contribution in [3.8, 4) is 0 Å². The van der Waals surface area contributed by atoms with Crippen LogP contribution in [-0.2, 0) is 0 Å². The normalized spacial score (nSPS) is 11.7. The van der Waals surface area contributed by atoms with E-state index in [0.717, 1.165) is 5.65 Å². The predicted molar refractivity (Wildman–Crippen MR) is 79.7 cm³/mol. The van der Waals surface area contributed by atoms with Crippen LogP contribution in [0.1, 0.15) is 11.1 Å². The molecule has 0 bridgehead atoms. The molecule has 0 radical (unpaired) electrons. The van der Waals surface area contributed by atoms with Gasteiger partial charge in [0.1, 0.15) is 5.65 Å². The van der Waals surface area contributed by atoms with Crippen molar-refractivity contribution in [2.45, 2.75) is 13.8 Å². The second kappa shape index (κ2) is 3.58. The highest BCUT2D eigenvalue weighted by Gasteiger charge is 2.11. The molecule has 0 saturated carbocycles. The number of nitrogens with zero attached hydrogens (tertiary/aromatic N) is 2. The third kappa shape index (κ3) is 1.28. The Morgan fingerprint density at radius 3 is 2.47 bits per heavy atom. The summed E-state index contributed by atoms with van der Waals surface area (Å²) in [5, 5.41) is 3.88. The first-order valence-corrected chi connectivity index (χ1v) is 6.51. The number of hydrogen-bond acceptors (Lipinski definition) is 1. The van der Waals surface area contributed by atoms with E-state index in [1.807, 2.05) is 12.4 Å². The number of benzene rings is 2. The summed E-state index contributed by atoms with van der Waals surface area (Å²) in [7, 11) is 0. The fraction of sp³-hybridized carbons (Fsp3) is 0.118. The first-order valence-electron chi connectivity index (χ1n) is 6.51. The highest BCUT2D eigenvalue weighted by atomic mass is 15.0. The molecule has 0 amide bonds. The van der Waals surface area contributed by atoms with Gasteiger partial charge >= 0.3 is 0 Å². The maximum Gasteiger partial charge on any atom is 0.145 e. The van der Waals surface area contributed by atoms with Crippen LogP contribution in [0, 0.1) is 13.8 Å². The second-order valence-electron chi connectivity index (χ2n) is 5.09. The molecule has 0 aliphatic rings. The number of rotatable bonds is 0. The minimum absolute atomic E-state index is 1.05. The van der Waals surface area contributed by atoms with Crippen molar-refractivity contribution >= 4 is 27.3 Å². The van der Waals surface area contributed by atoms with E-state index >= 15 is 0 Å². The molecule has 2 aromatic carbocycles. The lowest BCUT2D eigenvalue weighted by atomic mass is 9.99. The van der Waals surface area contributed by atoms with Crippen LogP contribution in [-0.4, -0.2) is 9.38 Å². The fourth-order valence-electron chi connectivity index (χ4n) is 3.06. The van der Waals surface area contributed by atoms with Gasteiger partial charge in [-0.05, 0) is 36.4 Å². The SMILES string of the molecule is Cc1cccc2c1c1cccc(C)c1c1nccn21. The first-order chi connectivity index (χ1) is 9.27. The number of imidazole rings is 1. The Hall–Kier alpha value is -2.35. The summed E-state index contributed by atoms with van der Waals surface area (Å²) < 4.78 is 2.19. The first kappa shape index (κ1) is 10.6. The van der Waals surface area contributed by atoms with Gasteiger partial charge in [0.05, 0.1) is 5.52 Å². The molecule has 0 fully saturated rings. The summed E-state index contributed by atoms with van der Waals surface area (Å²) in [6.45, 7) is 4.33. The molecule has 2 aromatic heterocycles. The lowest BCUT2D eigenvalue weighted by Gasteiger charge is -2.11. The number of pyridine rings is 1. The minimum Gasteiger partial charge on any atom is -0.299 e. The Morgan fingerprint density at radius 2 is 1.63 bits per heavy atom. The molecule has 19 heavy (non-hydrogen) atoms. The number of aromatic nitrogens is 2. The maximum absolute atomic E-state index is 4.55. The van der Waals surface area contributed by atoms with Crippen LogP contribution in [0.3, 0.4) is 0 Å². The van der Waals surface area contributed by atoms with E-state index in [-0.39, 0.29) is 0 Å². The van der Waals surface area contributed by atoms with Crippen molar-refractivity contribution in [2.24, 2.45) is 0 Å². The van der Waals surface area contributed by atoms with Gasteiger partial charge in [0.25, 0.3) is 0 Å². The molecule has 0 unspecified atom stereocenters. The van der Waals surface area contributed by atoms with E-state index in [9.17, 15) is 0 Å². The summed E-state index contributed by atoms with van der Waals surface area (Å²) >= 11 is 0. The molecule has 2 nitrogen and oxygen atoms in total. The molecular formula is C17H14N2. The Balaban J connectivity index is 2.50. The minimum atomic E-state index is 1.05. The summed E-state index contributed by atoms with van der Waals surface area (Å²) in [6.07, 6.45) is 3.92. The summed E-state index contributed by atoms with van der Waals surface area (Å²) in [5.41, 5.74) is 4.86. The molecule has 4 aromatic rings. The van der Waals surface area contributed by atoms with E-state index in [1.54, 1.807) is 0 Å². The Kier molecular flexibility index (Phi) is 1.99. The van der Waals surface area contributed by atoms with Gasteiger partial charge in [0.15, 0.2) is 0 Å². The van der Waals surface area contributed by atoms with Gasteiger partial charge in [-0.3, -0.25) is 4.40 Å². The molecule has 0 aliphatic carbocycles. The highest BCUT2D eigenvalue weighted by Crippen LogP contribution is 2.32. The Morgan fingerprint density at radius 1 is 0.895 bits per heavy atom. The van der Waals surface area contributed by atoms with Crippen LogP contribution < -0.4 is 0 Å². The summed E-state index contributed by atoms with van der Waals surface area (Å²) in [4.78, 5) is 4.55. The average molecular weight is 246 g/mol. The van der Waals surface area contributed by atoms with Gasteiger partial charge in [-0.15, -0.1) is 0 Å². The molecule has 2 heterocycles. The van der Waals surface area contributed by atoms with Crippen molar-refractivity contribution in [3.05, 3.63) is 59.9 Å². The van der Waals surface area contributed by atoms with Crippen LogP contribution in [0.5, 0.6) is 0 Å². The topological polar surface area (TPSA) is 17.3 Å². The zero-order valence-electron chi connectivity index (χ0n) is 11.0.